The van der Waals surface area contributed by atoms with Crippen LogP contribution in [0.2, 0.25) is 0 Å². The largest absolute Gasteiger partial charge is 0.480 e. The molecule has 5 nitrogen and oxygen atoms in total. The molecule has 0 aliphatic carbocycles. The fraction of sp³-hybridized carbons (Fsp3) is 0.875. The van der Waals surface area contributed by atoms with Gasteiger partial charge in [0.25, 0.3) is 0 Å². The summed E-state index contributed by atoms with van der Waals surface area (Å²) in [5, 5.41) is 8.87. The molecule has 5 heteroatoms. The predicted molar refractivity (Wildman–Crippen MR) is 43.3 cm³/mol. The number of nitrogens with zero attached hydrogens (tertiary/aromatic N) is 1. The van der Waals surface area contributed by atoms with Crippen molar-refractivity contribution in [2.45, 2.75) is 18.2 Å². The van der Waals surface area contributed by atoms with Crippen LogP contribution in [0.25, 0.3) is 0 Å². The normalized spacial score (nSPS) is 32.8. The third kappa shape index (κ3) is 1.43. The van der Waals surface area contributed by atoms with E-state index in [2.05, 4.69) is 0 Å². The van der Waals surface area contributed by atoms with Crippen LogP contribution in [0.15, 0.2) is 0 Å². The summed E-state index contributed by atoms with van der Waals surface area (Å²) in [6.07, 6.45) is 0.429. The molecule has 2 saturated heterocycles. The summed E-state index contributed by atoms with van der Waals surface area (Å²) in [6.45, 7) is 1.68. The van der Waals surface area contributed by atoms with Gasteiger partial charge in [-0.25, -0.2) is 0 Å². The van der Waals surface area contributed by atoms with E-state index in [0.29, 0.717) is 26.2 Å². The van der Waals surface area contributed by atoms with E-state index in [1.165, 1.54) is 0 Å². The second kappa shape index (κ2) is 2.94. The minimum Gasteiger partial charge on any atom is -0.480 e. The van der Waals surface area contributed by atoms with Crippen LogP contribution >= 0.6 is 0 Å². The van der Waals surface area contributed by atoms with Crippen molar-refractivity contribution in [2.24, 2.45) is 0 Å². The Bertz CT molecular complexity index is 224. The number of ether oxygens (including phenoxy) is 2. The van der Waals surface area contributed by atoms with Crippen molar-refractivity contribution in [3.63, 3.8) is 0 Å². The highest BCUT2D eigenvalue weighted by atomic mass is 16.7. The number of aliphatic carboxylic acids is 1. The fourth-order valence-electron chi connectivity index (χ4n) is 1.99. The predicted octanol–water partition coefficient (Wildman–Crippen LogP) is -0.482. The van der Waals surface area contributed by atoms with Crippen molar-refractivity contribution >= 4 is 5.97 Å². The van der Waals surface area contributed by atoms with Crippen LogP contribution in [0.3, 0.4) is 0 Å². The zero-order valence-corrected chi connectivity index (χ0v) is 7.52. The maximum absolute atomic E-state index is 10.8. The third-order valence-corrected chi connectivity index (χ3v) is 2.63. The summed E-state index contributed by atoms with van der Waals surface area (Å²) in [6, 6.07) is -0.474. The van der Waals surface area contributed by atoms with E-state index in [1.807, 2.05) is 0 Å². The van der Waals surface area contributed by atoms with Crippen molar-refractivity contribution in [2.75, 3.05) is 26.8 Å². The van der Waals surface area contributed by atoms with E-state index >= 15 is 0 Å². The molecule has 2 fully saturated rings. The first-order valence-electron chi connectivity index (χ1n) is 4.34. The number of likely N-dealkylation sites (tertiary alicyclic amines) is 1. The summed E-state index contributed by atoms with van der Waals surface area (Å²) in [5.41, 5.74) is 0. The lowest BCUT2D eigenvalue weighted by atomic mass is 10.1. The molecule has 1 spiro atoms. The number of likely N-dealkylation sites (N-methyl/N-ethyl adjacent to an activating group) is 1. The Morgan fingerprint density at radius 2 is 2.15 bits per heavy atom. The Morgan fingerprint density at radius 1 is 1.54 bits per heavy atom. The molecule has 0 aromatic heterocycles. The van der Waals surface area contributed by atoms with E-state index in [-0.39, 0.29) is 0 Å². The van der Waals surface area contributed by atoms with Gasteiger partial charge in [0, 0.05) is 6.42 Å². The van der Waals surface area contributed by atoms with Gasteiger partial charge in [-0.05, 0) is 7.05 Å². The van der Waals surface area contributed by atoms with E-state index in [1.54, 1.807) is 11.9 Å². The highest BCUT2D eigenvalue weighted by Gasteiger charge is 2.49. The first-order valence-corrected chi connectivity index (χ1v) is 4.34. The zero-order chi connectivity index (χ0) is 9.47. The molecule has 1 atom stereocenters. The molecule has 0 aromatic rings. The molecule has 74 valence electrons. The number of carboxylic acids is 1. The van der Waals surface area contributed by atoms with E-state index < -0.39 is 17.8 Å². The lowest BCUT2D eigenvalue weighted by Crippen LogP contribution is -2.33. The molecule has 0 radical (unpaired) electrons. The Morgan fingerprint density at radius 3 is 2.62 bits per heavy atom. The van der Waals surface area contributed by atoms with Crippen molar-refractivity contribution < 1.29 is 19.4 Å². The fourth-order valence-corrected chi connectivity index (χ4v) is 1.99. The van der Waals surface area contributed by atoms with Gasteiger partial charge in [0.05, 0.1) is 19.8 Å². The van der Waals surface area contributed by atoms with Gasteiger partial charge in [-0.15, -0.1) is 0 Å². The Hall–Kier alpha value is -0.650. The number of rotatable bonds is 1. The molecule has 2 aliphatic rings. The summed E-state index contributed by atoms with van der Waals surface area (Å²) in [7, 11) is 1.78. The minimum absolute atomic E-state index is 0.429. The molecule has 13 heavy (non-hydrogen) atoms. The SMILES string of the molecule is CN1CC2(CC1C(=O)O)OCCO2. The molecule has 2 rings (SSSR count). The van der Waals surface area contributed by atoms with Crippen molar-refractivity contribution in [1.82, 2.24) is 4.90 Å². The molecule has 1 N–H and O–H groups in total. The number of carboxylic acid groups (broad SMARTS) is 1. The number of hydrogen-bond donors (Lipinski definition) is 1. The highest BCUT2D eigenvalue weighted by molar-refractivity contribution is 5.74. The smallest absolute Gasteiger partial charge is 0.321 e. The Balaban J connectivity index is 2.09. The van der Waals surface area contributed by atoms with Gasteiger partial charge in [-0.2, -0.15) is 0 Å². The summed E-state index contributed by atoms with van der Waals surface area (Å²) >= 11 is 0. The number of carbonyl (C=O) groups is 1. The second-order valence-electron chi connectivity index (χ2n) is 3.58. The Kier molecular flexibility index (Phi) is 2.02. The average molecular weight is 187 g/mol. The first-order chi connectivity index (χ1) is 6.13. The maximum atomic E-state index is 10.8. The van der Waals surface area contributed by atoms with Crippen LogP contribution in [0.5, 0.6) is 0 Å². The Labute approximate surface area is 76.2 Å². The minimum atomic E-state index is -0.807. The van der Waals surface area contributed by atoms with Crippen LogP contribution in [-0.4, -0.2) is 54.6 Å². The van der Waals surface area contributed by atoms with Crippen LogP contribution in [-0.2, 0) is 14.3 Å². The second-order valence-corrected chi connectivity index (χ2v) is 3.58. The van der Waals surface area contributed by atoms with Gasteiger partial charge in [0.15, 0.2) is 5.79 Å². The van der Waals surface area contributed by atoms with Gasteiger partial charge in [0.1, 0.15) is 6.04 Å². The van der Waals surface area contributed by atoms with Crippen molar-refractivity contribution in [3.05, 3.63) is 0 Å². The third-order valence-electron chi connectivity index (χ3n) is 2.63. The standard InChI is InChI=1S/C8H13NO4/c1-9-5-8(12-2-3-13-8)4-6(9)7(10)11/h6H,2-5H2,1H3,(H,10,11). The van der Waals surface area contributed by atoms with E-state index in [0.717, 1.165) is 0 Å². The topological polar surface area (TPSA) is 59.0 Å². The molecular weight excluding hydrogens is 174 g/mol. The average Bonchev–Trinajstić information content (AvgIpc) is 2.60. The lowest BCUT2D eigenvalue weighted by molar-refractivity contribution is -0.150. The van der Waals surface area contributed by atoms with E-state index in [4.69, 9.17) is 14.6 Å². The molecule has 2 aliphatic heterocycles. The van der Waals surface area contributed by atoms with Gasteiger partial charge >= 0.3 is 5.97 Å². The van der Waals surface area contributed by atoms with Gasteiger partial charge in [-0.1, -0.05) is 0 Å². The molecule has 0 amide bonds. The van der Waals surface area contributed by atoms with Crippen LogP contribution < -0.4 is 0 Å². The van der Waals surface area contributed by atoms with Crippen LogP contribution in [0.1, 0.15) is 6.42 Å². The zero-order valence-electron chi connectivity index (χ0n) is 7.52. The van der Waals surface area contributed by atoms with E-state index in [9.17, 15) is 4.79 Å². The van der Waals surface area contributed by atoms with Crippen LogP contribution in [0, 0.1) is 0 Å². The molecule has 0 bridgehead atoms. The maximum Gasteiger partial charge on any atom is 0.321 e. The summed E-state index contributed by atoms with van der Waals surface area (Å²) in [5.74, 6) is -1.45. The number of hydrogen-bond acceptors (Lipinski definition) is 4. The quantitative estimate of drug-likeness (QED) is 0.600. The molecule has 0 saturated carbocycles. The molecular formula is C8H13NO4. The van der Waals surface area contributed by atoms with Gasteiger partial charge in [-0.3, -0.25) is 9.69 Å². The highest BCUT2D eigenvalue weighted by Crippen LogP contribution is 2.33. The van der Waals surface area contributed by atoms with Gasteiger partial charge < -0.3 is 14.6 Å². The van der Waals surface area contributed by atoms with Crippen molar-refractivity contribution in [3.8, 4) is 0 Å². The summed E-state index contributed by atoms with van der Waals surface area (Å²) in [4.78, 5) is 12.6. The lowest BCUT2D eigenvalue weighted by Gasteiger charge is -2.20. The van der Waals surface area contributed by atoms with Crippen LogP contribution in [0.4, 0.5) is 0 Å². The first kappa shape index (κ1) is 8.93. The van der Waals surface area contributed by atoms with Crippen molar-refractivity contribution in [1.29, 1.82) is 0 Å². The van der Waals surface area contributed by atoms with Gasteiger partial charge in [0.2, 0.25) is 0 Å². The molecule has 0 aromatic carbocycles. The summed E-state index contributed by atoms with van der Waals surface area (Å²) < 4.78 is 10.8. The molecule has 1 unspecified atom stereocenters. The molecule has 2 heterocycles. The monoisotopic (exact) mass is 187 g/mol.